The first-order valence-corrected chi connectivity index (χ1v) is 9.23. The van der Waals surface area contributed by atoms with Gasteiger partial charge >= 0.3 is 0 Å². The van der Waals surface area contributed by atoms with Crippen molar-refractivity contribution in [3.05, 3.63) is 58.7 Å². The molecule has 7 heteroatoms. The van der Waals surface area contributed by atoms with E-state index in [2.05, 4.69) is 32.2 Å². The molecule has 0 fully saturated rings. The molecule has 0 unspecified atom stereocenters. The Hall–Kier alpha value is -2.67. The number of nitrogens with zero attached hydrogens (tertiary/aromatic N) is 3. The molecule has 26 heavy (non-hydrogen) atoms. The van der Waals surface area contributed by atoms with Crippen LogP contribution >= 0.6 is 11.8 Å². The number of nitrogens with one attached hydrogen (secondary N) is 1. The zero-order chi connectivity index (χ0) is 17.9. The summed E-state index contributed by atoms with van der Waals surface area (Å²) in [5.74, 6) is 2.55. The van der Waals surface area contributed by atoms with Crippen molar-refractivity contribution >= 4 is 22.9 Å². The number of para-hydroxylation sites is 1. The van der Waals surface area contributed by atoms with Gasteiger partial charge in [-0.25, -0.2) is 4.98 Å². The van der Waals surface area contributed by atoms with Crippen molar-refractivity contribution in [2.24, 2.45) is 5.10 Å². The van der Waals surface area contributed by atoms with Gasteiger partial charge in [0.05, 0.1) is 20.8 Å². The van der Waals surface area contributed by atoms with E-state index in [1.165, 1.54) is 5.57 Å². The number of imidazole rings is 1. The minimum absolute atomic E-state index is 0.760. The van der Waals surface area contributed by atoms with Gasteiger partial charge in [-0.05, 0) is 24.1 Å². The van der Waals surface area contributed by atoms with Gasteiger partial charge in [-0.3, -0.25) is 5.43 Å². The molecule has 0 amide bonds. The summed E-state index contributed by atoms with van der Waals surface area (Å²) < 4.78 is 13.0. The average Bonchev–Trinajstić information content (AvgIpc) is 3.34. The molecule has 0 spiro atoms. The highest BCUT2D eigenvalue weighted by Gasteiger charge is 2.19. The summed E-state index contributed by atoms with van der Waals surface area (Å²) in [6.45, 7) is 0.813. The second kappa shape index (κ2) is 7.29. The lowest BCUT2D eigenvalue weighted by atomic mass is 10.1. The van der Waals surface area contributed by atoms with Gasteiger partial charge in [0, 0.05) is 24.4 Å². The Morgan fingerprint density at radius 3 is 2.96 bits per heavy atom. The summed E-state index contributed by atoms with van der Waals surface area (Å²) >= 11 is 1.70. The summed E-state index contributed by atoms with van der Waals surface area (Å²) in [7, 11) is 3.33. The molecule has 0 atom stereocenters. The quantitative estimate of drug-likeness (QED) is 0.876. The van der Waals surface area contributed by atoms with Crippen LogP contribution in [-0.4, -0.2) is 28.8 Å². The number of hydrogen-bond acceptors (Lipinski definition) is 6. The number of methoxy groups -OCH3 is 2. The monoisotopic (exact) mass is 368 g/mol. The number of aryl methyl sites for hydroxylation is 1. The molecule has 2 aliphatic rings. The summed E-state index contributed by atoms with van der Waals surface area (Å²) in [5, 5.41) is 6.65. The summed E-state index contributed by atoms with van der Waals surface area (Å²) in [5.41, 5.74) is 5.52. The summed E-state index contributed by atoms with van der Waals surface area (Å²) in [4.78, 5) is 4.30. The summed E-state index contributed by atoms with van der Waals surface area (Å²) in [6, 6.07) is 5.97. The second-order valence-electron chi connectivity index (χ2n) is 5.97. The number of hydrogen-bond donors (Lipinski definition) is 1. The van der Waals surface area contributed by atoms with E-state index in [1.54, 1.807) is 26.0 Å². The standard InChI is InChI=1S/C19H20N4O2S/c1-24-15-5-3-4-13(18(15)25-2)7-9-17-21-22-19(26-17)14-6-8-16-20-10-11-23(16)12-14/h3-6,8,10-11,22H,7,9,12H2,1-2H3. The van der Waals surface area contributed by atoms with E-state index in [9.17, 15) is 0 Å². The lowest BCUT2D eigenvalue weighted by Crippen LogP contribution is -2.10. The van der Waals surface area contributed by atoms with E-state index in [0.29, 0.717) is 0 Å². The maximum absolute atomic E-state index is 5.51. The molecular formula is C19H20N4O2S. The topological polar surface area (TPSA) is 60.7 Å². The predicted octanol–water partition coefficient (Wildman–Crippen LogP) is 3.42. The highest BCUT2D eigenvalue weighted by molar-refractivity contribution is 8.17. The van der Waals surface area contributed by atoms with Crippen LogP contribution in [0.5, 0.6) is 11.5 Å². The molecule has 4 rings (SSSR count). The van der Waals surface area contributed by atoms with Gasteiger partial charge < -0.3 is 14.0 Å². The zero-order valence-corrected chi connectivity index (χ0v) is 15.5. The Labute approximate surface area is 156 Å². The maximum atomic E-state index is 5.51. The van der Waals surface area contributed by atoms with E-state index < -0.39 is 0 Å². The van der Waals surface area contributed by atoms with Crippen molar-refractivity contribution < 1.29 is 9.47 Å². The molecule has 134 valence electrons. The smallest absolute Gasteiger partial charge is 0.163 e. The number of fused-ring (bicyclic) bond motifs is 1. The lowest BCUT2D eigenvalue weighted by molar-refractivity contribution is 0.352. The molecule has 3 heterocycles. The second-order valence-corrected chi connectivity index (χ2v) is 7.06. The molecule has 1 aromatic heterocycles. The molecule has 2 aliphatic heterocycles. The van der Waals surface area contributed by atoms with Gasteiger partial charge in [0.15, 0.2) is 11.5 Å². The van der Waals surface area contributed by atoms with Crippen LogP contribution in [0.15, 0.2) is 52.4 Å². The van der Waals surface area contributed by atoms with Crippen LogP contribution in [0.2, 0.25) is 0 Å². The third-order valence-corrected chi connectivity index (χ3v) is 5.50. The van der Waals surface area contributed by atoms with Crippen molar-refractivity contribution in [2.75, 3.05) is 14.2 Å². The van der Waals surface area contributed by atoms with E-state index in [-0.39, 0.29) is 0 Å². The Morgan fingerprint density at radius 1 is 1.19 bits per heavy atom. The van der Waals surface area contributed by atoms with Crippen LogP contribution in [0.1, 0.15) is 17.8 Å². The number of thioether (sulfide) groups is 1. The number of benzene rings is 1. The van der Waals surface area contributed by atoms with Crippen molar-refractivity contribution in [3.63, 3.8) is 0 Å². The lowest BCUT2D eigenvalue weighted by Gasteiger charge is -2.13. The van der Waals surface area contributed by atoms with Crippen LogP contribution in [0.4, 0.5) is 0 Å². The van der Waals surface area contributed by atoms with Gasteiger partial charge in [0.1, 0.15) is 15.9 Å². The van der Waals surface area contributed by atoms with Gasteiger partial charge in [-0.2, -0.15) is 5.10 Å². The third kappa shape index (κ3) is 3.22. The first-order chi connectivity index (χ1) is 12.8. The zero-order valence-electron chi connectivity index (χ0n) is 14.7. The SMILES string of the molecule is COc1cccc(CCC2=NNC(=C3C=Cc4nccn4C3)S2)c1OC. The highest BCUT2D eigenvalue weighted by atomic mass is 32.2. The van der Waals surface area contributed by atoms with Crippen LogP contribution < -0.4 is 14.9 Å². The van der Waals surface area contributed by atoms with Crippen LogP contribution in [0.3, 0.4) is 0 Å². The van der Waals surface area contributed by atoms with Crippen molar-refractivity contribution in [3.8, 4) is 11.5 Å². The van der Waals surface area contributed by atoms with E-state index in [0.717, 1.165) is 52.3 Å². The van der Waals surface area contributed by atoms with Gasteiger partial charge in [-0.15, -0.1) is 0 Å². The van der Waals surface area contributed by atoms with E-state index in [1.807, 2.05) is 30.6 Å². The van der Waals surface area contributed by atoms with Gasteiger partial charge in [-0.1, -0.05) is 30.0 Å². The molecule has 6 nitrogen and oxygen atoms in total. The Kier molecular flexibility index (Phi) is 4.71. The fourth-order valence-corrected chi connectivity index (χ4v) is 3.97. The Morgan fingerprint density at radius 2 is 2.12 bits per heavy atom. The molecule has 0 saturated carbocycles. The minimum atomic E-state index is 0.760. The fourth-order valence-electron chi connectivity index (χ4n) is 3.09. The highest BCUT2D eigenvalue weighted by Crippen LogP contribution is 2.34. The van der Waals surface area contributed by atoms with Gasteiger partial charge in [0.2, 0.25) is 0 Å². The molecule has 0 aliphatic carbocycles. The normalized spacial score (nSPS) is 18.3. The Balaban J connectivity index is 1.42. The minimum Gasteiger partial charge on any atom is -0.493 e. The third-order valence-electron chi connectivity index (χ3n) is 4.41. The first-order valence-electron chi connectivity index (χ1n) is 8.41. The Bertz CT molecular complexity index is 914. The number of aromatic nitrogens is 2. The molecule has 0 radical (unpaired) electrons. The molecule has 0 saturated heterocycles. The number of rotatable bonds is 5. The van der Waals surface area contributed by atoms with Crippen LogP contribution in [0.25, 0.3) is 6.08 Å². The van der Waals surface area contributed by atoms with Crippen molar-refractivity contribution in [2.45, 2.75) is 19.4 Å². The predicted molar refractivity (Wildman–Crippen MR) is 104 cm³/mol. The van der Waals surface area contributed by atoms with Gasteiger partial charge in [0.25, 0.3) is 0 Å². The van der Waals surface area contributed by atoms with E-state index in [4.69, 9.17) is 9.47 Å². The molecular weight excluding hydrogens is 348 g/mol. The molecule has 2 aromatic rings. The molecule has 1 aromatic carbocycles. The number of hydrazone groups is 1. The van der Waals surface area contributed by atoms with Crippen molar-refractivity contribution in [1.29, 1.82) is 0 Å². The average molecular weight is 368 g/mol. The molecule has 0 bridgehead atoms. The maximum Gasteiger partial charge on any atom is 0.163 e. The number of ether oxygens (including phenoxy) is 2. The largest absolute Gasteiger partial charge is 0.493 e. The van der Waals surface area contributed by atoms with Crippen LogP contribution in [0, 0.1) is 0 Å². The number of allylic oxidation sites excluding steroid dienone is 2. The van der Waals surface area contributed by atoms with Crippen molar-refractivity contribution in [1.82, 2.24) is 15.0 Å². The fraction of sp³-hybridized carbons (Fsp3) is 0.263. The summed E-state index contributed by atoms with van der Waals surface area (Å²) in [6.07, 6.45) is 9.66. The molecule has 1 N–H and O–H groups in total. The van der Waals surface area contributed by atoms with Crippen LogP contribution in [-0.2, 0) is 13.0 Å². The first kappa shape index (κ1) is 16.8. The van der Waals surface area contributed by atoms with E-state index >= 15 is 0 Å².